The molecule has 0 saturated carbocycles. The molecule has 2 aromatic carbocycles. The van der Waals surface area contributed by atoms with Crippen LogP contribution < -0.4 is 19.5 Å². The van der Waals surface area contributed by atoms with E-state index < -0.39 is 0 Å². The molecule has 0 atom stereocenters. The first-order valence-electron chi connectivity index (χ1n) is 8.42. The second-order valence-corrected chi connectivity index (χ2v) is 5.61. The fraction of sp³-hybridized carbons (Fsp3) is 0.350. The van der Waals surface area contributed by atoms with Crippen LogP contribution in [0.3, 0.4) is 0 Å². The van der Waals surface area contributed by atoms with Gasteiger partial charge < -0.3 is 19.5 Å². The topological polar surface area (TPSA) is 56.8 Å². The average Bonchev–Trinajstić information content (AvgIpc) is 2.61. The molecule has 0 aliphatic carbocycles. The summed E-state index contributed by atoms with van der Waals surface area (Å²) in [4.78, 5) is 12.0. The van der Waals surface area contributed by atoms with Crippen molar-refractivity contribution < 1.29 is 19.0 Å². The lowest BCUT2D eigenvalue weighted by Crippen LogP contribution is -2.13. The first kappa shape index (κ1) is 18.6. The normalized spacial score (nSPS) is 10.2. The number of carbonyl (C=O) groups excluding carboxylic acids is 1. The third kappa shape index (κ3) is 6.03. The number of amides is 1. The van der Waals surface area contributed by atoms with Crippen LogP contribution in [-0.2, 0) is 4.79 Å². The fourth-order valence-corrected chi connectivity index (χ4v) is 2.30. The molecule has 5 heteroatoms. The molecule has 25 heavy (non-hydrogen) atoms. The van der Waals surface area contributed by atoms with Crippen molar-refractivity contribution >= 4 is 11.6 Å². The van der Waals surface area contributed by atoms with E-state index in [-0.39, 0.29) is 5.91 Å². The van der Waals surface area contributed by atoms with Crippen LogP contribution in [0, 0.1) is 6.92 Å². The van der Waals surface area contributed by atoms with Gasteiger partial charge in [0.05, 0.1) is 20.3 Å². The summed E-state index contributed by atoms with van der Waals surface area (Å²) < 4.78 is 16.4. The Morgan fingerprint density at radius 2 is 1.80 bits per heavy atom. The van der Waals surface area contributed by atoms with E-state index in [1.165, 1.54) is 5.56 Å². The van der Waals surface area contributed by atoms with E-state index in [0.717, 1.165) is 5.75 Å². The van der Waals surface area contributed by atoms with Crippen LogP contribution >= 0.6 is 0 Å². The highest BCUT2D eigenvalue weighted by atomic mass is 16.5. The maximum atomic E-state index is 12.0. The molecule has 1 amide bonds. The van der Waals surface area contributed by atoms with Gasteiger partial charge in [-0.25, -0.2) is 0 Å². The first-order valence-corrected chi connectivity index (χ1v) is 8.42. The minimum Gasteiger partial charge on any atom is -0.494 e. The molecule has 2 aromatic rings. The number of carbonyl (C=O) groups is 1. The molecule has 5 nitrogen and oxygen atoms in total. The van der Waals surface area contributed by atoms with Gasteiger partial charge in [-0.05, 0) is 44.5 Å². The summed E-state index contributed by atoms with van der Waals surface area (Å²) in [5, 5.41) is 2.86. The predicted octanol–water partition coefficient (Wildman–Crippen LogP) is 4.20. The van der Waals surface area contributed by atoms with Crippen molar-refractivity contribution in [1.29, 1.82) is 0 Å². The Labute approximate surface area is 148 Å². The second kappa shape index (κ2) is 9.57. The zero-order chi connectivity index (χ0) is 18.1. The van der Waals surface area contributed by atoms with Crippen LogP contribution in [0.4, 0.5) is 5.69 Å². The van der Waals surface area contributed by atoms with Crippen LogP contribution in [0.1, 0.15) is 25.3 Å². The van der Waals surface area contributed by atoms with E-state index in [1.54, 1.807) is 25.3 Å². The molecular weight excluding hydrogens is 318 g/mol. The Morgan fingerprint density at radius 1 is 1.04 bits per heavy atom. The van der Waals surface area contributed by atoms with E-state index in [9.17, 15) is 4.79 Å². The lowest BCUT2D eigenvalue weighted by molar-refractivity contribution is -0.116. The molecule has 2 rings (SSSR count). The molecule has 1 N–H and O–H groups in total. The van der Waals surface area contributed by atoms with E-state index in [2.05, 4.69) is 5.32 Å². The first-order chi connectivity index (χ1) is 12.1. The van der Waals surface area contributed by atoms with Crippen molar-refractivity contribution in [3.8, 4) is 17.2 Å². The second-order valence-electron chi connectivity index (χ2n) is 5.61. The Bertz CT molecular complexity index is 683. The van der Waals surface area contributed by atoms with Gasteiger partial charge in [0.1, 0.15) is 5.75 Å². The third-order valence-corrected chi connectivity index (χ3v) is 3.59. The van der Waals surface area contributed by atoms with Crippen molar-refractivity contribution in [3.63, 3.8) is 0 Å². The maximum absolute atomic E-state index is 12.0. The van der Waals surface area contributed by atoms with E-state index in [0.29, 0.717) is 43.2 Å². The Hall–Kier alpha value is -2.69. The zero-order valence-electron chi connectivity index (χ0n) is 15.0. The Balaban J connectivity index is 1.77. The van der Waals surface area contributed by atoms with Gasteiger partial charge in [-0.15, -0.1) is 0 Å². The molecule has 0 bridgehead atoms. The van der Waals surface area contributed by atoms with Crippen LogP contribution in [0.2, 0.25) is 0 Å². The largest absolute Gasteiger partial charge is 0.494 e. The number of anilines is 1. The van der Waals surface area contributed by atoms with Gasteiger partial charge in [0.25, 0.3) is 0 Å². The predicted molar refractivity (Wildman–Crippen MR) is 98.7 cm³/mol. The standard InChI is InChI=1S/C20H25NO4/c1-4-24-18-12-9-16(14-19(18)23-3)21-20(22)6-5-13-25-17-10-7-15(2)8-11-17/h7-12,14H,4-6,13H2,1-3H3,(H,21,22). The van der Waals surface area contributed by atoms with Gasteiger partial charge in [0.15, 0.2) is 11.5 Å². The molecule has 0 fully saturated rings. The lowest BCUT2D eigenvalue weighted by Gasteiger charge is -2.12. The Morgan fingerprint density at radius 3 is 2.48 bits per heavy atom. The summed E-state index contributed by atoms with van der Waals surface area (Å²) in [6, 6.07) is 13.2. The van der Waals surface area contributed by atoms with Crippen LogP contribution in [0.5, 0.6) is 17.2 Å². The highest BCUT2D eigenvalue weighted by Gasteiger charge is 2.08. The van der Waals surface area contributed by atoms with Gasteiger partial charge in [0.2, 0.25) is 5.91 Å². The van der Waals surface area contributed by atoms with Gasteiger partial charge in [-0.2, -0.15) is 0 Å². The van der Waals surface area contributed by atoms with Crippen molar-refractivity contribution in [2.24, 2.45) is 0 Å². The number of hydrogen-bond donors (Lipinski definition) is 1. The fourth-order valence-electron chi connectivity index (χ4n) is 2.30. The highest BCUT2D eigenvalue weighted by molar-refractivity contribution is 5.91. The molecule has 134 valence electrons. The van der Waals surface area contributed by atoms with Crippen LogP contribution in [-0.4, -0.2) is 26.2 Å². The van der Waals surface area contributed by atoms with Crippen LogP contribution in [0.15, 0.2) is 42.5 Å². The lowest BCUT2D eigenvalue weighted by atomic mass is 10.2. The number of hydrogen-bond acceptors (Lipinski definition) is 4. The average molecular weight is 343 g/mol. The molecule has 0 unspecified atom stereocenters. The van der Waals surface area contributed by atoms with Crippen molar-refractivity contribution in [1.82, 2.24) is 0 Å². The van der Waals surface area contributed by atoms with Crippen molar-refractivity contribution in [3.05, 3.63) is 48.0 Å². The summed E-state index contributed by atoms with van der Waals surface area (Å²) in [6.07, 6.45) is 1.04. The zero-order valence-corrected chi connectivity index (χ0v) is 15.0. The van der Waals surface area contributed by atoms with Crippen molar-refractivity contribution in [2.75, 3.05) is 25.6 Å². The molecule has 0 aliphatic rings. The highest BCUT2D eigenvalue weighted by Crippen LogP contribution is 2.30. The maximum Gasteiger partial charge on any atom is 0.224 e. The number of aryl methyl sites for hydroxylation is 1. The minimum absolute atomic E-state index is 0.0567. The minimum atomic E-state index is -0.0567. The number of methoxy groups -OCH3 is 1. The molecule has 0 saturated heterocycles. The number of nitrogens with one attached hydrogen (secondary N) is 1. The SMILES string of the molecule is CCOc1ccc(NC(=O)CCCOc2ccc(C)cc2)cc1OC. The van der Waals surface area contributed by atoms with E-state index >= 15 is 0 Å². The van der Waals surface area contributed by atoms with Crippen molar-refractivity contribution in [2.45, 2.75) is 26.7 Å². The third-order valence-electron chi connectivity index (χ3n) is 3.59. The molecule has 0 heterocycles. The molecule has 0 aliphatic heterocycles. The quantitative estimate of drug-likeness (QED) is 0.693. The molecule has 0 radical (unpaired) electrons. The Kier molecular flexibility index (Phi) is 7.14. The summed E-state index contributed by atoms with van der Waals surface area (Å²) in [7, 11) is 1.58. The number of rotatable bonds is 9. The van der Waals surface area contributed by atoms with Gasteiger partial charge in [-0.3, -0.25) is 4.79 Å². The smallest absolute Gasteiger partial charge is 0.224 e. The van der Waals surface area contributed by atoms with E-state index in [4.69, 9.17) is 14.2 Å². The molecule has 0 spiro atoms. The molecular formula is C20H25NO4. The summed E-state index contributed by atoms with van der Waals surface area (Å²) in [5.41, 5.74) is 1.88. The van der Waals surface area contributed by atoms with E-state index in [1.807, 2.05) is 38.1 Å². The van der Waals surface area contributed by atoms with Gasteiger partial charge in [-0.1, -0.05) is 17.7 Å². The van der Waals surface area contributed by atoms with Gasteiger partial charge in [0, 0.05) is 18.2 Å². The summed E-state index contributed by atoms with van der Waals surface area (Å²) in [5.74, 6) is 2.03. The number of ether oxygens (including phenoxy) is 3. The van der Waals surface area contributed by atoms with Gasteiger partial charge >= 0.3 is 0 Å². The molecule has 0 aromatic heterocycles. The van der Waals surface area contributed by atoms with Crippen LogP contribution in [0.25, 0.3) is 0 Å². The number of benzene rings is 2. The monoisotopic (exact) mass is 343 g/mol. The summed E-state index contributed by atoms with van der Waals surface area (Å²) in [6.45, 7) is 5.00. The summed E-state index contributed by atoms with van der Waals surface area (Å²) >= 11 is 0.